The number of H-pyrrole nitrogens is 1. The smallest absolute Gasteiger partial charge is 0.344 e. The molecule has 2 heterocycles. The van der Waals surface area contributed by atoms with E-state index in [2.05, 4.69) is 54.1 Å². The normalized spacial score (nSPS) is 13.1. The van der Waals surface area contributed by atoms with E-state index in [0.29, 0.717) is 17.7 Å². The lowest BCUT2D eigenvalue weighted by Gasteiger charge is -2.37. The van der Waals surface area contributed by atoms with Crippen molar-refractivity contribution >= 4 is 43.1 Å². The van der Waals surface area contributed by atoms with Crippen molar-refractivity contribution in [3.05, 3.63) is 59.8 Å². The number of aryl methyl sites for hydroxylation is 1. The first kappa shape index (κ1) is 28.3. The van der Waals surface area contributed by atoms with Crippen LogP contribution in [0.5, 0.6) is 11.6 Å². The van der Waals surface area contributed by atoms with E-state index in [1.165, 1.54) is 19.2 Å². The maximum Gasteiger partial charge on any atom is 0.344 e. The number of hydrogen-bond donors (Lipinski definition) is 1. The number of aromatic nitrogens is 5. The number of hydrogen-bond acceptors (Lipinski definition) is 7. The fourth-order valence-electron chi connectivity index (χ4n) is 2.97. The molecule has 0 saturated carbocycles. The van der Waals surface area contributed by atoms with Gasteiger partial charge in [-0.3, -0.25) is 9.78 Å². The number of halogens is 3. The van der Waals surface area contributed by atoms with Gasteiger partial charge in [0.2, 0.25) is 5.88 Å². The highest BCUT2D eigenvalue weighted by atomic mass is 35.5. The summed E-state index contributed by atoms with van der Waals surface area (Å²) >= 11 is 19.2. The molecule has 0 radical (unpaired) electrons. The molecule has 0 amide bonds. The highest BCUT2D eigenvalue weighted by molar-refractivity contribution is 6.74. The SMILES string of the molecule is CC(CO[Si](C)(C)C(C)(C)C)c1cc(Oc2c(Cl)cc(-c3nn(C)c(=O)[nH]c3=O)cc2Cl)nnc1Cl. The van der Waals surface area contributed by atoms with Gasteiger partial charge in [0.1, 0.15) is 0 Å². The Hall–Kier alpha value is -2.24. The lowest BCUT2D eigenvalue weighted by molar-refractivity contribution is 0.268. The Kier molecular flexibility index (Phi) is 8.36. The third kappa shape index (κ3) is 6.17. The molecular weight excluding hydrogens is 545 g/mol. The molecule has 2 aromatic heterocycles. The standard InChI is InChI=1S/C23H28Cl3N5O4Si/c1-12(11-34-36(6,7)23(2,3)4)14-10-17(28-29-20(14)26)35-19-15(24)8-13(9-16(19)25)18-21(32)27-22(33)31(5)30-18/h8-10,12H,11H2,1-7H3,(H,27,32,33). The molecule has 0 saturated heterocycles. The zero-order valence-electron chi connectivity index (χ0n) is 21.1. The molecule has 0 spiro atoms. The van der Waals surface area contributed by atoms with Crippen LogP contribution in [0.1, 0.15) is 39.2 Å². The fourth-order valence-corrected chi connectivity index (χ4v) is 4.92. The van der Waals surface area contributed by atoms with Crippen molar-refractivity contribution < 1.29 is 9.16 Å². The molecule has 3 rings (SSSR count). The van der Waals surface area contributed by atoms with Crippen molar-refractivity contribution in [1.29, 1.82) is 0 Å². The topological polar surface area (TPSA) is 112 Å². The average molecular weight is 573 g/mol. The summed E-state index contributed by atoms with van der Waals surface area (Å²) in [5.41, 5.74) is -0.293. The van der Waals surface area contributed by atoms with Gasteiger partial charge in [-0.2, -0.15) is 5.10 Å². The van der Waals surface area contributed by atoms with Gasteiger partial charge in [0, 0.05) is 36.8 Å². The van der Waals surface area contributed by atoms with E-state index in [1.807, 2.05) is 6.92 Å². The number of rotatable bonds is 7. The van der Waals surface area contributed by atoms with Crippen molar-refractivity contribution in [2.24, 2.45) is 7.05 Å². The zero-order valence-corrected chi connectivity index (χ0v) is 24.3. The van der Waals surface area contributed by atoms with Crippen LogP contribution >= 0.6 is 34.8 Å². The Morgan fingerprint density at radius 1 is 1.08 bits per heavy atom. The van der Waals surface area contributed by atoms with Crippen LogP contribution in [0, 0.1) is 0 Å². The molecule has 194 valence electrons. The van der Waals surface area contributed by atoms with Crippen molar-refractivity contribution in [2.45, 2.75) is 51.7 Å². The first-order valence-corrected chi connectivity index (χ1v) is 15.2. The van der Waals surface area contributed by atoms with Crippen molar-refractivity contribution in [1.82, 2.24) is 25.0 Å². The second-order valence-corrected chi connectivity index (χ2v) is 16.0. The number of nitrogens with one attached hydrogen (secondary N) is 1. The molecule has 0 fully saturated rings. The molecule has 1 N–H and O–H groups in total. The quantitative estimate of drug-likeness (QED) is 0.356. The summed E-state index contributed by atoms with van der Waals surface area (Å²) in [6.07, 6.45) is 0. The average Bonchev–Trinajstić information content (AvgIpc) is 2.77. The summed E-state index contributed by atoms with van der Waals surface area (Å²) in [5, 5.41) is 12.6. The van der Waals surface area contributed by atoms with Gasteiger partial charge in [-0.1, -0.05) is 62.5 Å². The van der Waals surface area contributed by atoms with Crippen LogP contribution in [0.15, 0.2) is 27.8 Å². The van der Waals surface area contributed by atoms with Crippen molar-refractivity contribution in [2.75, 3.05) is 6.61 Å². The molecule has 36 heavy (non-hydrogen) atoms. The van der Waals surface area contributed by atoms with Crippen LogP contribution in [0.25, 0.3) is 11.3 Å². The molecule has 0 aliphatic rings. The van der Waals surface area contributed by atoms with Crippen LogP contribution in [0.3, 0.4) is 0 Å². The van der Waals surface area contributed by atoms with Gasteiger partial charge in [-0.25, -0.2) is 9.48 Å². The maximum absolute atomic E-state index is 12.2. The Bertz CT molecular complexity index is 1380. The van der Waals surface area contributed by atoms with E-state index in [-0.39, 0.29) is 43.5 Å². The predicted octanol–water partition coefficient (Wildman–Crippen LogP) is 5.80. The van der Waals surface area contributed by atoms with Gasteiger partial charge in [0.05, 0.1) is 10.0 Å². The van der Waals surface area contributed by atoms with E-state index in [0.717, 1.165) is 4.68 Å². The highest BCUT2D eigenvalue weighted by Crippen LogP contribution is 2.40. The summed E-state index contributed by atoms with van der Waals surface area (Å²) in [6, 6.07) is 4.60. The minimum absolute atomic E-state index is 0.0171. The monoisotopic (exact) mass is 571 g/mol. The first-order valence-electron chi connectivity index (χ1n) is 11.1. The lowest BCUT2D eigenvalue weighted by Crippen LogP contribution is -2.41. The summed E-state index contributed by atoms with van der Waals surface area (Å²) in [4.78, 5) is 26.0. The van der Waals surface area contributed by atoms with E-state index in [9.17, 15) is 9.59 Å². The number of ether oxygens (including phenoxy) is 1. The van der Waals surface area contributed by atoms with Gasteiger partial charge in [-0.05, 0) is 30.3 Å². The Labute approximate surface area is 224 Å². The summed E-state index contributed by atoms with van der Waals surface area (Å²) in [6.45, 7) is 13.4. The number of benzene rings is 1. The minimum Gasteiger partial charge on any atom is -0.434 e. The third-order valence-corrected chi connectivity index (χ3v) is 11.6. The predicted molar refractivity (Wildman–Crippen MR) is 144 cm³/mol. The Morgan fingerprint density at radius 3 is 2.28 bits per heavy atom. The molecule has 13 heteroatoms. The largest absolute Gasteiger partial charge is 0.434 e. The van der Waals surface area contributed by atoms with Crippen molar-refractivity contribution in [3.8, 4) is 22.9 Å². The molecule has 0 bridgehead atoms. The van der Waals surface area contributed by atoms with Crippen LogP contribution in [0.4, 0.5) is 0 Å². The molecule has 1 unspecified atom stereocenters. The molecule has 9 nitrogen and oxygen atoms in total. The summed E-state index contributed by atoms with van der Waals surface area (Å²) < 4.78 is 13.2. The third-order valence-electron chi connectivity index (χ3n) is 6.24. The van der Waals surface area contributed by atoms with E-state index < -0.39 is 19.6 Å². The number of aromatic amines is 1. The maximum atomic E-state index is 12.2. The first-order chi connectivity index (χ1) is 16.6. The molecule has 0 aliphatic carbocycles. The van der Waals surface area contributed by atoms with Crippen LogP contribution in [-0.4, -0.2) is 39.9 Å². The molecule has 1 aromatic carbocycles. The van der Waals surface area contributed by atoms with Crippen LogP contribution < -0.4 is 16.0 Å². The zero-order chi connectivity index (χ0) is 27.0. The van der Waals surface area contributed by atoms with E-state index >= 15 is 0 Å². The second-order valence-electron chi connectivity index (χ2n) is 10.0. The fraction of sp³-hybridized carbons (Fsp3) is 0.435. The van der Waals surface area contributed by atoms with Gasteiger partial charge >= 0.3 is 5.69 Å². The van der Waals surface area contributed by atoms with Crippen LogP contribution in [-0.2, 0) is 11.5 Å². The van der Waals surface area contributed by atoms with E-state index in [1.54, 1.807) is 6.07 Å². The van der Waals surface area contributed by atoms with Gasteiger partial charge < -0.3 is 9.16 Å². The van der Waals surface area contributed by atoms with Crippen LogP contribution in [0.2, 0.25) is 33.3 Å². The van der Waals surface area contributed by atoms with Gasteiger partial charge in [-0.15, -0.1) is 10.2 Å². The summed E-state index contributed by atoms with van der Waals surface area (Å²) in [7, 11) is -0.531. The highest BCUT2D eigenvalue weighted by Gasteiger charge is 2.37. The van der Waals surface area contributed by atoms with Crippen molar-refractivity contribution in [3.63, 3.8) is 0 Å². The molecule has 1 atom stereocenters. The Morgan fingerprint density at radius 2 is 1.69 bits per heavy atom. The molecule has 3 aromatic rings. The molecular formula is C23H28Cl3N5O4Si. The minimum atomic E-state index is -1.95. The second kappa shape index (κ2) is 10.6. The Balaban J connectivity index is 1.87. The molecule has 0 aliphatic heterocycles. The van der Waals surface area contributed by atoms with Gasteiger partial charge in [0.25, 0.3) is 5.56 Å². The van der Waals surface area contributed by atoms with Gasteiger partial charge in [0.15, 0.2) is 24.9 Å². The lowest BCUT2D eigenvalue weighted by atomic mass is 10.1. The van der Waals surface area contributed by atoms with E-state index in [4.69, 9.17) is 44.0 Å². The number of nitrogens with zero attached hydrogens (tertiary/aromatic N) is 4. The summed E-state index contributed by atoms with van der Waals surface area (Å²) in [5.74, 6) is 0.194.